The second-order valence-electron chi connectivity index (χ2n) is 12.4. The standard InChI is InChI=1S/C35H35N3O3S.C7H10.C2H4O2.C2H6/c1-4-32(20-12-26(3)39)38(33(40)21-15-27-8-6-5-7-9-27)23-31-24-42-35(37-31)30-18-16-29(17-19-30)34(41)36-22-28-13-10-25(2)11-14-28;1-7-5-3-2-4-6-7;1-2(3)4;1-2/h4-14,16-20,24,39H,1,15,21-23H2,2-3H3,(H,36,41);3,5-6H,2,4H2,1H3;1H3,(H,3,4);1-2H3/b26-12+,32-20+;;;. The van der Waals surface area contributed by atoms with Crippen molar-refractivity contribution in [1.29, 1.82) is 0 Å². The SMILES string of the molecule is C=C/C(=C\C=C(/C)O)N(Cc1csc(-c2ccc(C(=O)NCc3ccc(C)cc3)cc2)n1)C(=O)CCc1ccccc1.CC.CC(=O)O.CC1=CCCC=C1. The third kappa shape index (κ3) is 17.7. The van der Waals surface area contributed by atoms with Crippen molar-refractivity contribution in [1.82, 2.24) is 15.2 Å². The fourth-order valence-electron chi connectivity index (χ4n) is 5.00. The third-order valence-corrected chi connectivity index (χ3v) is 8.75. The normalized spacial score (nSPS) is 11.9. The number of amides is 2. The van der Waals surface area contributed by atoms with Crippen molar-refractivity contribution in [2.75, 3.05) is 0 Å². The zero-order valence-corrected chi connectivity index (χ0v) is 33.7. The molecule has 0 fully saturated rings. The number of carbonyl (C=O) groups is 3. The van der Waals surface area contributed by atoms with Gasteiger partial charge in [0, 0.05) is 42.1 Å². The van der Waals surface area contributed by atoms with Crippen molar-refractivity contribution < 1.29 is 24.6 Å². The Kier molecular flexibility index (Phi) is 20.8. The van der Waals surface area contributed by atoms with E-state index >= 15 is 0 Å². The Morgan fingerprint density at radius 3 is 2.09 bits per heavy atom. The molecule has 1 aliphatic rings. The number of hydrogen-bond donors (Lipinski definition) is 3. The van der Waals surface area contributed by atoms with Gasteiger partial charge >= 0.3 is 0 Å². The van der Waals surface area contributed by atoms with Crippen molar-refractivity contribution in [3.63, 3.8) is 0 Å². The predicted molar refractivity (Wildman–Crippen MR) is 227 cm³/mol. The molecular formula is C46H55N3O5S. The molecule has 0 saturated heterocycles. The number of nitrogens with zero attached hydrogens (tertiary/aromatic N) is 2. The number of thiazole rings is 1. The summed E-state index contributed by atoms with van der Waals surface area (Å²) in [7, 11) is 0. The highest BCUT2D eigenvalue weighted by atomic mass is 32.1. The molecule has 1 aromatic heterocycles. The van der Waals surface area contributed by atoms with E-state index in [-0.39, 0.29) is 24.1 Å². The summed E-state index contributed by atoms with van der Waals surface area (Å²) in [4.78, 5) is 41.5. The molecule has 1 aliphatic carbocycles. The Bertz CT molecular complexity index is 1910. The molecule has 55 heavy (non-hydrogen) atoms. The largest absolute Gasteiger partial charge is 0.513 e. The molecular weight excluding hydrogens is 707 g/mol. The minimum Gasteiger partial charge on any atom is -0.513 e. The number of rotatable bonds is 12. The molecule has 4 aromatic rings. The van der Waals surface area contributed by atoms with Gasteiger partial charge in [-0.3, -0.25) is 14.4 Å². The van der Waals surface area contributed by atoms with Crippen LogP contribution in [0.4, 0.5) is 0 Å². The number of aryl methyl sites for hydroxylation is 2. The Morgan fingerprint density at radius 2 is 1.55 bits per heavy atom. The van der Waals surface area contributed by atoms with Gasteiger partial charge in [-0.1, -0.05) is 117 Å². The van der Waals surface area contributed by atoms with E-state index in [0.717, 1.165) is 34.3 Å². The van der Waals surface area contributed by atoms with Crippen LogP contribution >= 0.6 is 11.3 Å². The summed E-state index contributed by atoms with van der Waals surface area (Å²) >= 11 is 1.48. The summed E-state index contributed by atoms with van der Waals surface area (Å²) in [5.74, 6) is -0.902. The molecule has 1 heterocycles. The van der Waals surface area contributed by atoms with Crippen molar-refractivity contribution in [2.24, 2.45) is 0 Å². The number of carboxylic acids is 1. The van der Waals surface area contributed by atoms with Crippen LogP contribution in [0.1, 0.15) is 86.6 Å². The van der Waals surface area contributed by atoms with Crippen LogP contribution in [0.5, 0.6) is 0 Å². The number of aliphatic hydroxyl groups excluding tert-OH is 1. The van der Waals surface area contributed by atoms with Crippen LogP contribution in [-0.2, 0) is 29.1 Å². The lowest BCUT2D eigenvalue weighted by Gasteiger charge is -2.23. The zero-order valence-electron chi connectivity index (χ0n) is 32.9. The average Bonchev–Trinajstić information content (AvgIpc) is 3.66. The van der Waals surface area contributed by atoms with Crippen molar-refractivity contribution in [3.05, 3.63) is 172 Å². The number of hydrogen-bond acceptors (Lipinski definition) is 6. The second-order valence-corrected chi connectivity index (χ2v) is 13.3. The van der Waals surface area contributed by atoms with Crippen molar-refractivity contribution >= 4 is 29.1 Å². The van der Waals surface area contributed by atoms with Gasteiger partial charge in [0.05, 0.1) is 18.0 Å². The third-order valence-electron chi connectivity index (χ3n) is 7.81. The van der Waals surface area contributed by atoms with Gasteiger partial charge in [-0.25, -0.2) is 4.98 Å². The molecule has 3 N–H and O–H groups in total. The number of allylic oxidation sites excluding steroid dienone is 8. The summed E-state index contributed by atoms with van der Waals surface area (Å²) in [5.41, 5.74) is 7.51. The topological polar surface area (TPSA) is 120 Å². The lowest BCUT2D eigenvalue weighted by Crippen LogP contribution is -2.29. The molecule has 0 saturated carbocycles. The van der Waals surface area contributed by atoms with Gasteiger partial charge in [-0.05, 0) is 81.5 Å². The first-order valence-corrected chi connectivity index (χ1v) is 19.3. The van der Waals surface area contributed by atoms with Crippen LogP contribution in [0.2, 0.25) is 0 Å². The van der Waals surface area contributed by atoms with Crippen molar-refractivity contribution in [2.45, 2.75) is 80.3 Å². The fourth-order valence-corrected chi connectivity index (χ4v) is 5.82. The number of nitrogens with one attached hydrogen (secondary N) is 1. The van der Waals surface area contributed by atoms with Gasteiger partial charge in [0.1, 0.15) is 5.01 Å². The van der Waals surface area contributed by atoms with Gasteiger partial charge < -0.3 is 20.4 Å². The van der Waals surface area contributed by atoms with Crippen LogP contribution in [0.25, 0.3) is 10.6 Å². The highest BCUT2D eigenvalue weighted by Crippen LogP contribution is 2.26. The first kappa shape index (κ1) is 45.4. The number of aliphatic carboxylic acids is 1. The van der Waals surface area contributed by atoms with Gasteiger partial charge in [0.25, 0.3) is 11.9 Å². The minimum atomic E-state index is -0.833. The Balaban J connectivity index is 0.000000688. The molecule has 0 aliphatic heterocycles. The Morgan fingerprint density at radius 1 is 0.891 bits per heavy atom. The number of aliphatic hydroxyl groups is 1. The maximum absolute atomic E-state index is 13.4. The molecule has 0 unspecified atom stereocenters. The van der Waals surface area contributed by atoms with E-state index in [1.165, 1.54) is 35.3 Å². The monoisotopic (exact) mass is 761 g/mol. The van der Waals surface area contributed by atoms with E-state index in [2.05, 4.69) is 37.0 Å². The van der Waals surface area contributed by atoms with Crippen molar-refractivity contribution in [3.8, 4) is 10.6 Å². The first-order chi connectivity index (χ1) is 26.4. The van der Waals surface area contributed by atoms with Gasteiger partial charge in [-0.15, -0.1) is 11.3 Å². The predicted octanol–water partition coefficient (Wildman–Crippen LogP) is 10.9. The molecule has 5 rings (SSSR count). The molecule has 3 aromatic carbocycles. The first-order valence-electron chi connectivity index (χ1n) is 18.4. The van der Waals surface area contributed by atoms with Crippen LogP contribution in [0, 0.1) is 6.92 Å². The average molecular weight is 762 g/mol. The maximum Gasteiger partial charge on any atom is 0.300 e. The fraction of sp³-hybridized carbons (Fsp3) is 0.261. The smallest absolute Gasteiger partial charge is 0.300 e. The molecule has 0 atom stereocenters. The molecule has 0 radical (unpaired) electrons. The molecule has 2 amide bonds. The highest BCUT2D eigenvalue weighted by molar-refractivity contribution is 7.13. The quantitative estimate of drug-likeness (QED) is 0.0976. The Labute approximate surface area is 331 Å². The van der Waals surface area contributed by atoms with E-state index in [1.54, 1.807) is 42.2 Å². The van der Waals surface area contributed by atoms with Crippen LogP contribution in [0.3, 0.4) is 0 Å². The summed E-state index contributed by atoms with van der Waals surface area (Å²) in [6, 6.07) is 25.3. The van der Waals surface area contributed by atoms with E-state index in [4.69, 9.17) is 14.9 Å². The van der Waals surface area contributed by atoms with Gasteiger partial charge in [0.2, 0.25) is 5.91 Å². The van der Waals surface area contributed by atoms with E-state index in [1.807, 2.05) is 92.9 Å². The van der Waals surface area contributed by atoms with Crippen LogP contribution in [-0.4, -0.2) is 37.9 Å². The number of carboxylic acid groups (broad SMARTS) is 1. The molecule has 9 heteroatoms. The number of carbonyl (C=O) groups excluding carboxylic acids is 2. The summed E-state index contributed by atoms with van der Waals surface area (Å²) < 4.78 is 0. The maximum atomic E-state index is 13.4. The minimum absolute atomic E-state index is 0.0652. The summed E-state index contributed by atoms with van der Waals surface area (Å²) in [6.07, 6.45) is 14.9. The lowest BCUT2D eigenvalue weighted by molar-refractivity contribution is -0.134. The van der Waals surface area contributed by atoms with E-state index in [0.29, 0.717) is 30.6 Å². The van der Waals surface area contributed by atoms with Crippen LogP contribution in [0.15, 0.2) is 144 Å². The molecule has 8 nitrogen and oxygen atoms in total. The van der Waals surface area contributed by atoms with E-state index in [9.17, 15) is 14.7 Å². The lowest BCUT2D eigenvalue weighted by atomic mass is 10.1. The number of aromatic nitrogens is 1. The molecule has 290 valence electrons. The molecule has 0 spiro atoms. The summed E-state index contributed by atoms with van der Waals surface area (Å²) in [5, 5.41) is 22.8. The van der Waals surface area contributed by atoms with E-state index < -0.39 is 5.97 Å². The number of benzene rings is 3. The second kappa shape index (κ2) is 25.3. The van der Waals surface area contributed by atoms with Crippen LogP contribution < -0.4 is 5.32 Å². The summed E-state index contributed by atoms with van der Waals surface area (Å²) in [6.45, 7) is 15.4. The zero-order chi connectivity index (χ0) is 40.6. The highest BCUT2D eigenvalue weighted by Gasteiger charge is 2.19. The molecule has 0 bridgehead atoms. The van der Waals surface area contributed by atoms with Gasteiger partial charge in [0.15, 0.2) is 0 Å². The van der Waals surface area contributed by atoms with Gasteiger partial charge in [-0.2, -0.15) is 0 Å². The Hall–Kier alpha value is -5.80.